The Hall–Kier alpha value is -2.01. The van der Waals surface area contributed by atoms with E-state index in [-0.39, 0.29) is 6.03 Å². The van der Waals surface area contributed by atoms with E-state index in [1.807, 2.05) is 18.2 Å². The van der Waals surface area contributed by atoms with E-state index in [0.29, 0.717) is 0 Å². The van der Waals surface area contributed by atoms with Crippen LogP contribution < -0.4 is 10.2 Å². The van der Waals surface area contributed by atoms with Gasteiger partial charge < -0.3 is 4.74 Å². The molecule has 0 aliphatic carbocycles. The average molecular weight is 220 g/mol. The SMILES string of the molecule is CONC(=O)n1ccc2cc(OC)ccc21. The molecule has 2 aromatic rings. The second-order valence-electron chi connectivity index (χ2n) is 3.22. The third-order valence-electron chi connectivity index (χ3n) is 2.31. The van der Waals surface area contributed by atoms with Crippen molar-refractivity contribution in [3.8, 4) is 5.75 Å². The summed E-state index contributed by atoms with van der Waals surface area (Å²) >= 11 is 0. The van der Waals surface area contributed by atoms with Crippen LogP contribution in [0, 0.1) is 0 Å². The Morgan fingerprint density at radius 3 is 2.81 bits per heavy atom. The van der Waals surface area contributed by atoms with Crippen molar-refractivity contribution in [3.05, 3.63) is 30.5 Å². The van der Waals surface area contributed by atoms with Crippen LogP contribution >= 0.6 is 0 Å². The van der Waals surface area contributed by atoms with E-state index >= 15 is 0 Å². The van der Waals surface area contributed by atoms with E-state index in [1.54, 1.807) is 19.4 Å². The molecule has 0 spiro atoms. The molecule has 0 atom stereocenters. The lowest BCUT2D eigenvalue weighted by Crippen LogP contribution is -2.26. The van der Waals surface area contributed by atoms with Gasteiger partial charge >= 0.3 is 6.03 Å². The van der Waals surface area contributed by atoms with Crippen LogP contribution in [-0.2, 0) is 4.84 Å². The lowest BCUT2D eigenvalue weighted by molar-refractivity contribution is 0.109. The van der Waals surface area contributed by atoms with E-state index < -0.39 is 0 Å². The topological polar surface area (TPSA) is 52.5 Å². The maximum Gasteiger partial charge on any atom is 0.349 e. The summed E-state index contributed by atoms with van der Waals surface area (Å²) in [4.78, 5) is 16.1. The largest absolute Gasteiger partial charge is 0.497 e. The molecular weight excluding hydrogens is 208 g/mol. The molecule has 0 radical (unpaired) electrons. The van der Waals surface area contributed by atoms with Gasteiger partial charge in [0.1, 0.15) is 5.75 Å². The number of carbonyl (C=O) groups is 1. The van der Waals surface area contributed by atoms with Crippen molar-refractivity contribution in [2.24, 2.45) is 0 Å². The number of ether oxygens (including phenoxy) is 1. The highest BCUT2D eigenvalue weighted by Gasteiger charge is 2.08. The van der Waals surface area contributed by atoms with Crippen molar-refractivity contribution in [2.75, 3.05) is 14.2 Å². The van der Waals surface area contributed by atoms with E-state index in [9.17, 15) is 4.79 Å². The molecule has 5 heteroatoms. The van der Waals surface area contributed by atoms with Gasteiger partial charge in [-0.2, -0.15) is 0 Å². The third-order valence-corrected chi connectivity index (χ3v) is 2.31. The summed E-state index contributed by atoms with van der Waals surface area (Å²) in [5.41, 5.74) is 3.06. The average Bonchev–Trinajstić information content (AvgIpc) is 2.71. The minimum Gasteiger partial charge on any atom is -0.497 e. The van der Waals surface area contributed by atoms with Gasteiger partial charge in [0.05, 0.1) is 19.7 Å². The Morgan fingerprint density at radius 2 is 2.12 bits per heavy atom. The number of rotatable bonds is 2. The molecule has 0 bridgehead atoms. The zero-order valence-corrected chi connectivity index (χ0v) is 9.06. The number of amides is 1. The molecule has 0 aliphatic heterocycles. The number of methoxy groups -OCH3 is 1. The molecule has 1 heterocycles. The maximum absolute atomic E-state index is 11.6. The predicted octanol–water partition coefficient (Wildman–Crippen LogP) is 1.77. The molecule has 2 rings (SSSR count). The lowest BCUT2D eigenvalue weighted by Gasteiger charge is -2.05. The molecule has 1 N–H and O–H groups in total. The summed E-state index contributed by atoms with van der Waals surface area (Å²) in [5, 5.41) is 0.936. The molecule has 84 valence electrons. The minimum atomic E-state index is -0.331. The van der Waals surface area contributed by atoms with Crippen molar-refractivity contribution < 1.29 is 14.4 Å². The summed E-state index contributed by atoms with van der Waals surface area (Å²) in [6, 6.07) is 7.00. The predicted molar refractivity (Wildman–Crippen MR) is 59.4 cm³/mol. The van der Waals surface area contributed by atoms with Crippen molar-refractivity contribution in [3.63, 3.8) is 0 Å². The minimum absolute atomic E-state index is 0.331. The second kappa shape index (κ2) is 4.24. The molecular formula is C11H12N2O3. The highest BCUT2D eigenvalue weighted by molar-refractivity contribution is 5.91. The molecule has 0 aliphatic rings. The first-order chi connectivity index (χ1) is 7.76. The van der Waals surface area contributed by atoms with Gasteiger partial charge in [0.2, 0.25) is 0 Å². The van der Waals surface area contributed by atoms with E-state index in [2.05, 4.69) is 10.3 Å². The summed E-state index contributed by atoms with van der Waals surface area (Å²) in [5.74, 6) is 0.761. The van der Waals surface area contributed by atoms with Gasteiger partial charge in [-0.25, -0.2) is 10.3 Å². The van der Waals surface area contributed by atoms with Crippen LogP contribution in [0.25, 0.3) is 10.9 Å². The summed E-state index contributed by atoms with van der Waals surface area (Å²) in [6.07, 6.45) is 1.68. The van der Waals surface area contributed by atoms with Gasteiger partial charge in [0.15, 0.2) is 0 Å². The van der Waals surface area contributed by atoms with Crippen LogP contribution in [0.4, 0.5) is 4.79 Å². The highest BCUT2D eigenvalue weighted by atomic mass is 16.6. The van der Waals surface area contributed by atoms with Gasteiger partial charge in [0, 0.05) is 11.6 Å². The quantitative estimate of drug-likeness (QED) is 0.785. The monoisotopic (exact) mass is 220 g/mol. The molecule has 1 amide bonds. The van der Waals surface area contributed by atoms with Gasteiger partial charge in [-0.3, -0.25) is 9.40 Å². The number of benzene rings is 1. The Labute approximate surface area is 92.5 Å². The summed E-state index contributed by atoms with van der Waals surface area (Å²) in [6.45, 7) is 0. The molecule has 0 fully saturated rings. The molecule has 5 nitrogen and oxygen atoms in total. The number of fused-ring (bicyclic) bond motifs is 1. The molecule has 0 unspecified atom stereocenters. The lowest BCUT2D eigenvalue weighted by atomic mass is 10.2. The molecule has 0 saturated carbocycles. The Morgan fingerprint density at radius 1 is 1.31 bits per heavy atom. The number of nitrogens with zero attached hydrogens (tertiary/aromatic N) is 1. The zero-order chi connectivity index (χ0) is 11.5. The molecule has 1 aromatic carbocycles. The van der Waals surface area contributed by atoms with E-state index in [1.165, 1.54) is 11.7 Å². The second-order valence-corrected chi connectivity index (χ2v) is 3.22. The van der Waals surface area contributed by atoms with Crippen LogP contribution in [0.1, 0.15) is 0 Å². The fourth-order valence-electron chi connectivity index (χ4n) is 1.56. The molecule has 0 saturated heterocycles. The highest BCUT2D eigenvalue weighted by Crippen LogP contribution is 2.21. The summed E-state index contributed by atoms with van der Waals surface area (Å²) in [7, 11) is 3.00. The number of carbonyl (C=O) groups excluding carboxylic acids is 1. The summed E-state index contributed by atoms with van der Waals surface area (Å²) < 4.78 is 6.58. The van der Waals surface area contributed by atoms with Crippen LogP contribution in [0.3, 0.4) is 0 Å². The smallest absolute Gasteiger partial charge is 0.349 e. The first-order valence-corrected chi connectivity index (χ1v) is 4.74. The number of nitrogens with one attached hydrogen (secondary N) is 1. The number of hydroxylamine groups is 1. The van der Waals surface area contributed by atoms with Crippen molar-refractivity contribution >= 4 is 16.9 Å². The number of aromatic nitrogens is 1. The first-order valence-electron chi connectivity index (χ1n) is 4.74. The van der Waals surface area contributed by atoms with Crippen molar-refractivity contribution in [1.82, 2.24) is 10.0 Å². The first kappa shape index (κ1) is 10.5. The molecule has 16 heavy (non-hydrogen) atoms. The fraction of sp³-hybridized carbons (Fsp3) is 0.182. The van der Waals surface area contributed by atoms with Crippen LogP contribution in [-0.4, -0.2) is 24.8 Å². The van der Waals surface area contributed by atoms with Gasteiger partial charge in [0.25, 0.3) is 0 Å². The fourth-order valence-corrected chi connectivity index (χ4v) is 1.56. The van der Waals surface area contributed by atoms with Crippen LogP contribution in [0.2, 0.25) is 0 Å². The van der Waals surface area contributed by atoms with Crippen LogP contribution in [0.5, 0.6) is 5.75 Å². The normalized spacial score (nSPS) is 10.4. The Kier molecular flexibility index (Phi) is 2.78. The van der Waals surface area contributed by atoms with Crippen molar-refractivity contribution in [2.45, 2.75) is 0 Å². The van der Waals surface area contributed by atoms with E-state index in [0.717, 1.165) is 16.7 Å². The Bertz CT molecular complexity index is 519. The van der Waals surface area contributed by atoms with Crippen LogP contribution in [0.15, 0.2) is 30.5 Å². The maximum atomic E-state index is 11.6. The number of hydrogen-bond acceptors (Lipinski definition) is 3. The molecule has 1 aromatic heterocycles. The van der Waals surface area contributed by atoms with Crippen molar-refractivity contribution in [1.29, 1.82) is 0 Å². The number of hydrogen-bond donors (Lipinski definition) is 1. The van der Waals surface area contributed by atoms with Gasteiger partial charge in [-0.1, -0.05) is 0 Å². The standard InChI is InChI=1S/C11H12N2O3/c1-15-9-3-4-10-8(7-9)5-6-13(10)11(14)12-16-2/h3-7H,1-2H3,(H,12,14). The third kappa shape index (κ3) is 1.72. The Balaban J connectivity index is 2.45. The van der Waals surface area contributed by atoms with E-state index in [4.69, 9.17) is 4.74 Å². The van der Waals surface area contributed by atoms with Gasteiger partial charge in [-0.05, 0) is 24.3 Å². The zero-order valence-electron chi connectivity index (χ0n) is 9.06. The van der Waals surface area contributed by atoms with Gasteiger partial charge in [-0.15, -0.1) is 0 Å².